The van der Waals surface area contributed by atoms with Gasteiger partial charge in [0.1, 0.15) is 5.75 Å². The smallest absolute Gasteiger partial charge is 0.410 e. The summed E-state index contributed by atoms with van der Waals surface area (Å²) in [6.07, 6.45) is 10.9. The molecule has 6 heteroatoms. The molecule has 6 unspecified atom stereocenters. The van der Waals surface area contributed by atoms with Crippen LogP contribution < -0.4 is 4.74 Å². The predicted molar refractivity (Wildman–Crippen MR) is 172 cm³/mol. The molecule has 0 radical (unpaired) electrons. The molecule has 6 atom stereocenters. The molecule has 1 heterocycles. The van der Waals surface area contributed by atoms with Gasteiger partial charge in [0.2, 0.25) is 0 Å². The van der Waals surface area contributed by atoms with Crippen molar-refractivity contribution >= 4 is 28.2 Å². The van der Waals surface area contributed by atoms with Crippen LogP contribution in [0.15, 0.2) is 83.3 Å². The van der Waals surface area contributed by atoms with Gasteiger partial charge in [-0.15, -0.1) is 11.3 Å². The lowest BCUT2D eigenvalue weighted by molar-refractivity contribution is -0.0979. The van der Waals surface area contributed by atoms with Crippen LogP contribution in [0, 0.1) is 22.7 Å². The highest BCUT2D eigenvalue weighted by Gasteiger charge is 2.62. The third-order valence-corrected chi connectivity index (χ3v) is 12.6. The molecule has 2 N–H and O–H groups in total. The molecule has 4 aliphatic carbocycles. The minimum atomic E-state index is -1.00. The zero-order valence-electron chi connectivity index (χ0n) is 25.3. The van der Waals surface area contributed by atoms with Gasteiger partial charge in [0, 0.05) is 16.8 Å². The van der Waals surface area contributed by atoms with E-state index in [9.17, 15) is 15.0 Å². The Morgan fingerprint density at radius 2 is 1.79 bits per heavy atom. The van der Waals surface area contributed by atoms with Crippen molar-refractivity contribution < 1.29 is 19.7 Å². The molecule has 3 fully saturated rings. The topological polar surface area (TPSA) is 70.0 Å². The third kappa shape index (κ3) is 4.96. The molecule has 1 amide bonds. The maximum absolute atomic E-state index is 13.8. The van der Waals surface area contributed by atoms with Gasteiger partial charge in [-0.25, -0.2) is 4.79 Å². The molecule has 2 aromatic carbocycles. The van der Waals surface area contributed by atoms with E-state index < -0.39 is 11.7 Å². The Bertz CT molecular complexity index is 1580. The number of carbonyl (C=O) groups is 1. The normalized spacial score (nSPS) is 33.2. The number of amides is 1. The van der Waals surface area contributed by atoms with Crippen LogP contribution in [0.3, 0.4) is 0 Å². The number of hydrogen-bond acceptors (Lipinski definition) is 5. The molecule has 4 aliphatic rings. The van der Waals surface area contributed by atoms with E-state index in [4.69, 9.17) is 4.74 Å². The Balaban J connectivity index is 1.14. The minimum absolute atomic E-state index is 0.0990. The van der Waals surface area contributed by atoms with Gasteiger partial charge in [0.15, 0.2) is 0 Å². The second-order valence-corrected chi connectivity index (χ2v) is 15.0. The van der Waals surface area contributed by atoms with Gasteiger partial charge in [0.05, 0.1) is 18.2 Å². The summed E-state index contributed by atoms with van der Waals surface area (Å²) >= 11 is 1.69. The number of rotatable bonds is 6. The lowest BCUT2D eigenvalue weighted by Gasteiger charge is -2.56. The van der Waals surface area contributed by atoms with Gasteiger partial charge < -0.3 is 19.8 Å². The van der Waals surface area contributed by atoms with Gasteiger partial charge in [-0.3, -0.25) is 0 Å². The van der Waals surface area contributed by atoms with Gasteiger partial charge in [-0.05, 0) is 103 Å². The van der Waals surface area contributed by atoms with Crippen LogP contribution in [-0.4, -0.2) is 46.0 Å². The average Bonchev–Trinajstić information content (AvgIpc) is 3.61. The van der Waals surface area contributed by atoms with Crippen molar-refractivity contribution in [1.82, 2.24) is 4.90 Å². The number of aliphatic hydroxyl groups excluding tert-OH is 1. The van der Waals surface area contributed by atoms with Crippen LogP contribution in [0.25, 0.3) is 10.8 Å². The summed E-state index contributed by atoms with van der Waals surface area (Å²) in [5, 5.41) is 27.1. The standard InChI is InChI=1S/C37H43NO4S/c1-35-17-13-28(39)23-27(35)10-12-31-32(35)14-18-36(2)33(31)15-19-37(36,41)24-38(20-16-30-8-5-21-43-30)34(40)42-29-11-9-25-6-3-4-7-26(25)22-29/h3-12,21-22,28,32-33,39,41H,13-20,23-24H2,1-2H3. The number of carbonyl (C=O) groups excluding carboxylic acids is 1. The average molecular weight is 598 g/mol. The fraction of sp³-hybridized carbons (Fsp3) is 0.486. The van der Waals surface area contributed by atoms with E-state index in [0.29, 0.717) is 24.6 Å². The van der Waals surface area contributed by atoms with Crippen LogP contribution in [-0.2, 0) is 6.42 Å². The maximum atomic E-state index is 13.8. The Hall–Kier alpha value is -2.93. The molecule has 7 rings (SSSR count). The van der Waals surface area contributed by atoms with Gasteiger partial charge in [-0.2, -0.15) is 0 Å². The number of thiophene rings is 1. The van der Waals surface area contributed by atoms with Crippen molar-refractivity contribution in [2.24, 2.45) is 22.7 Å². The van der Waals surface area contributed by atoms with E-state index in [1.54, 1.807) is 16.2 Å². The first-order chi connectivity index (χ1) is 20.7. The van der Waals surface area contributed by atoms with Crippen LogP contribution in [0.1, 0.15) is 63.7 Å². The molecule has 0 bridgehead atoms. The molecule has 0 saturated heterocycles. The van der Waals surface area contributed by atoms with Gasteiger partial charge in [-0.1, -0.05) is 73.5 Å². The number of benzene rings is 2. The zero-order chi connectivity index (χ0) is 29.8. The summed E-state index contributed by atoms with van der Waals surface area (Å²) in [5.41, 5.74) is 1.65. The van der Waals surface area contributed by atoms with Crippen molar-refractivity contribution in [3.63, 3.8) is 0 Å². The number of aliphatic hydroxyl groups is 2. The summed E-state index contributed by atoms with van der Waals surface area (Å²) < 4.78 is 5.99. The fourth-order valence-corrected chi connectivity index (χ4v) is 9.70. The van der Waals surface area contributed by atoms with Crippen molar-refractivity contribution in [2.75, 3.05) is 13.1 Å². The monoisotopic (exact) mass is 597 g/mol. The molecular weight excluding hydrogens is 554 g/mol. The summed E-state index contributed by atoms with van der Waals surface area (Å²) in [5.74, 6) is 1.27. The Morgan fingerprint density at radius 1 is 0.977 bits per heavy atom. The number of nitrogens with zero attached hydrogens (tertiary/aromatic N) is 1. The highest BCUT2D eigenvalue weighted by atomic mass is 32.1. The highest BCUT2D eigenvalue weighted by molar-refractivity contribution is 7.09. The third-order valence-electron chi connectivity index (χ3n) is 11.7. The van der Waals surface area contributed by atoms with Crippen LogP contribution in [0.5, 0.6) is 5.75 Å². The molecule has 43 heavy (non-hydrogen) atoms. The zero-order valence-corrected chi connectivity index (χ0v) is 26.1. The van der Waals surface area contributed by atoms with E-state index in [1.807, 2.05) is 48.5 Å². The summed E-state index contributed by atoms with van der Waals surface area (Å²) in [4.78, 5) is 16.8. The first-order valence-electron chi connectivity index (χ1n) is 16.0. The minimum Gasteiger partial charge on any atom is -0.410 e. The number of allylic oxidation sites excluding steroid dienone is 3. The van der Waals surface area contributed by atoms with Crippen molar-refractivity contribution in [2.45, 2.75) is 76.9 Å². The molecule has 3 saturated carbocycles. The molecule has 3 aromatic rings. The van der Waals surface area contributed by atoms with E-state index in [1.165, 1.54) is 16.0 Å². The van der Waals surface area contributed by atoms with Crippen LogP contribution >= 0.6 is 11.3 Å². The lowest BCUT2D eigenvalue weighted by Crippen LogP contribution is -2.57. The van der Waals surface area contributed by atoms with Crippen molar-refractivity contribution in [3.8, 4) is 5.75 Å². The number of hydrogen-bond donors (Lipinski definition) is 2. The maximum Gasteiger partial charge on any atom is 0.415 e. The van der Waals surface area contributed by atoms with E-state index in [0.717, 1.165) is 55.7 Å². The van der Waals surface area contributed by atoms with Gasteiger partial charge >= 0.3 is 6.09 Å². The second kappa shape index (κ2) is 10.9. The number of ether oxygens (including phenoxy) is 1. The first-order valence-corrected chi connectivity index (χ1v) is 16.9. The van der Waals surface area contributed by atoms with E-state index in [2.05, 4.69) is 37.4 Å². The molecular formula is C37H43NO4S. The molecule has 0 aliphatic heterocycles. The second-order valence-electron chi connectivity index (χ2n) is 13.9. The van der Waals surface area contributed by atoms with Gasteiger partial charge in [0.25, 0.3) is 0 Å². The first kappa shape index (κ1) is 28.8. The predicted octanol–water partition coefficient (Wildman–Crippen LogP) is 7.92. The van der Waals surface area contributed by atoms with Crippen molar-refractivity contribution in [1.29, 1.82) is 0 Å². The lowest BCUT2D eigenvalue weighted by atomic mass is 9.50. The Labute approximate surface area is 258 Å². The summed E-state index contributed by atoms with van der Waals surface area (Å²) in [7, 11) is 0. The molecule has 0 spiro atoms. The molecule has 1 aromatic heterocycles. The molecule has 5 nitrogen and oxygen atoms in total. The largest absolute Gasteiger partial charge is 0.415 e. The quantitative estimate of drug-likeness (QED) is 0.303. The fourth-order valence-electron chi connectivity index (χ4n) is 9.00. The van der Waals surface area contributed by atoms with E-state index in [-0.39, 0.29) is 29.4 Å². The summed E-state index contributed by atoms with van der Waals surface area (Å²) in [6.45, 7) is 5.43. The van der Waals surface area contributed by atoms with Crippen LogP contribution in [0.2, 0.25) is 0 Å². The number of fused-ring (bicyclic) bond motifs is 6. The molecule has 226 valence electrons. The van der Waals surface area contributed by atoms with E-state index >= 15 is 0 Å². The Morgan fingerprint density at radius 3 is 2.60 bits per heavy atom. The Kier molecular flexibility index (Phi) is 7.31. The van der Waals surface area contributed by atoms with Crippen LogP contribution in [0.4, 0.5) is 4.79 Å². The summed E-state index contributed by atoms with van der Waals surface area (Å²) in [6, 6.07) is 17.9. The SMILES string of the molecule is CC12CCC(O)CC1=CC=C1C2CCC2(C)C1CCC2(O)CN(CCc1cccs1)C(=O)Oc1ccc2ccccc2c1. The van der Waals surface area contributed by atoms with Crippen molar-refractivity contribution in [3.05, 3.63) is 88.2 Å². The highest BCUT2D eigenvalue weighted by Crippen LogP contribution is 2.66.